The van der Waals surface area contributed by atoms with Crippen LogP contribution in [0.5, 0.6) is 0 Å². The lowest BCUT2D eigenvalue weighted by Crippen LogP contribution is -2.17. The summed E-state index contributed by atoms with van der Waals surface area (Å²) in [5.74, 6) is -1.76. The highest BCUT2D eigenvalue weighted by atomic mass is 79.9. The van der Waals surface area contributed by atoms with Crippen molar-refractivity contribution in [2.45, 2.75) is 19.5 Å². The van der Waals surface area contributed by atoms with Crippen LogP contribution in [0.25, 0.3) is 5.69 Å². The van der Waals surface area contributed by atoms with Crippen molar-refractivity contribution in [1.82, 2.24) is 9.78 Å². The van der Waals surface area contributed by atoms with E-state index in [1.54, 1.807) is 13.0 Å². The van der Waals surface area contributed by atoms with E-state index in [9.17, 15) is 14.0 Å². The standard InChI is InChI=1S/C16H15BrFN3O3/c1-2-24-16(23)14-13(19-15(22)11-7-12(11)18)8-21(20-14)10-5-3-4-9(17)6-10/h3-6,8,11-12H,2,7H2,1H3,(H,19,22)/t11-,12+/m1/s1. The molecule has 8 heteroatoms. The molecule has 1 aromatic heterocycles. The summed E-state index contributed by atoms with van der Waals surface area (Å²) in [7, 11) is 0. The van der Waals surface area contributed by atoms with Crippen LogP contribution >= 0.6 is 15.9 Å². The number of ether oxygens (including phenoxy) is 1. The molecule has 24 heavy (non-hydrogen) atoms. The van der Waals surface area contributed by atoms with Crippen LogP contribution in [0.4, 0.5) is 10.1 Å². The Morgan fingerprint density at radius 2 is 2.25 bits per heavy atom. The second-order valence-corrected chi connectivity index (χ2v) is 6.30. The molecule has 1 heterocycles. The summed E-state index contributed by atoms with van der Waals surface area (Å²) in [6, 6.07) is 7.29. The number of esters is 1. The third-order valence-corrected chi connectivity index (χ3v) is 4.06. The van der Waals surface area contributed by atoms with Crippen molar-refractivity contribution >= 4 is 33.5 Å². The molecule has 1 aliphatic carbocycles. The van der Waals surface area contributed by atoms with E-state index in [1.165, 1.54) is 10.9 Å². The van der Waals surface area contributed by atoms with E-state index in [4.69, 9.17) is 4.74 Å². The molecule has 2 atom stereocenters. The Hall–Kier alpha value is -2.22. The number of nitrogens with zero attached hydrogens (tertiary/aromatic N) is 2. The summed E-state index contributed by atoms with van der Waals surface area (Å²) in [5, 5.41) is 6.78. The summed E-state index contributed by atoms with van der Waals surface area (Å²) >= 11 is 3.37. The van der Waals surface area contributed by atoms with Gasteiger partial charge in [-0.15, -0.1) is 0 Å². The molecule has 2 aromatic rings. The van der Waals surface area contributed by atoms with Gasteiger partial charge >= 0.3 is 5.97 Å². The molecule has 6 nitrogen and oxygen atoms in total. The predicted molar refractivity (Wildman–Crippen MR) is 88.9 cm³/mol. The van der Waals surface area contributed by atoms with Crippen molar-refractivity contribution in [3.8, 4) is 5.69 Å². The molecule has 1 amide bonds. The van der Waals surface area contributed by atoms with Gasteiger partial charge in [-0.1, -0.05) is 22.0 Å². The molecule has 126 valence electrons. The highest BCUT2D eigenvalue weighted by Gasteiger charge is 2.44. The minimum atomic E-state index is -1.11. The molecular formula is C16H15BrFN3O3. The highest BCUT2D eigenvalue weighted by molar-refractivity contribution is 9.10. The predicted octanol–water partition coefficient (Wildman–Crippen LogP) is 3.11. The second kappa shape index (κ2) is 6.72. The molecule has 1 aromatic carbocycles. The van der Waals surface area contributed by atoms with Gasteiger partial charge in [-0.25, -0.2) is 13.9 Å². The third-order valence-electron chi connectivity index (χ3n) is 3.56. The molecular weight excluding hydrogens is 381 g/mol. The summed E-state index contributed by atoms with van der Waals surface area (Å²) in [4.78, 5) is 24.0. The van der Waals surface area contributed by atoms with Crippen molar-refractivity contribution in [1.29, 1.82) is 0 Å². The Labute approximate surface area is 146 Å². The highest BCUT2D eigenvalue weighted by Crippen LogP contribution is 2.35. The minimum absolute atomic E-state index is 0.0127. The number of benzene rings is 1. The number of amides is 1. The summed E-state index contributed by atoms with van der Waals surface area (Å²) < 4.78 is 20.3. The van der Waals surface area contributed by atoms with Crippen molar-refractivity contribution in [2.24, 2.45) is 5.92 Å². The number of carbonyl (C=O) groups is 2. The minimum Gasteiger partial charge on any atom is -0.461 e. The lowest BCUT2D eigenvalue weighted by Gasteiger charge is -2.03. The summed E-state index contributed by atoms with van der Waals surface area (Å²) in [6.07, 6.45) is 0.609. The number of nitrogens with one attached hydrogen (secondary N) is 1. The number of aromatic nitrogens is 2. The lowest BCUT2D eigenvalue weighted by atomic mass is 10.3. The van der Waals surface area contributed by atoms with Gasteiger partial charge in [0.05, 0.1) is 30.1 Å². The van der Waals surface area contributed by atoms with E-state index in [0.29, 0.717) is 5.69 Å². The van der Waals surface area contributed by atoms with Gasteiger partial charge in [-0.05, 0) is 31.5 Å². The number of rotatable bonds is 5. The normalized spacial score (nSPS) is 19.0. The Kier molecular flexibility index (Phi) is 4.66. The third kappa shape index (κ3) is 3.48. The molecule has 0 saturated heterocycles. The maximum absolute atomic E-state index is 13.0. The van der Waals surface area contributed by atoms with Gasteiger partial charge in [-0.3, -0.25) is 4.79 Å². The zero-order valence-corrected chi connectivity index (χ0v) is 14.4. The molecule has 1 N–H and O–H groups in total. The topological polar surface area (TPSA) is 73.2 Å². The Morgan fingerprint density at radius 1 is 1.50 bits per heavy atom. The van der Waals surface area contributed by atoms with Crippen LogP contribution in [0, 0.1) is 5.92 Å². The number of carbonyl (C=O) groups excluding carboxylic acids is 2. The Bertz CT molecular complexity index is 793. The Balaban J connectivity index is 1.92. The molecule has 0 radical (unpaired) electrons. The van der Waals surface area contributed by atoms with Gasteiger partial charge in [-0.2, -0.15) is 5.10 Å². The van der Waals surface area contributed by atoms with Crippen LogP contribution in [-0.4, -0.2) is 34.4 Å². The lowest BCUT2D eigenvalue weighted by molar-refractivity contribution is -0.117. The Morgan fingerprint density at radius 3 is 2.88 bits per heavy atom. The van der Waals surface area contributed by atoms with Gasteiger partial charge in [0.2, 0.25) is 5.91 Å². The zero-order valence-electron chi connectivity index (χ0n) is 12.8. The van der Waals surface area contributed by atoms with Crippen molar-refractivity contribution in [2.75, 3.05) is 11.9 Å². The first-order valence-corrected chi connectivity index (χ1v) is 8.26. The van der Waals surface area contributed by atoms with E-state index < -0.39 is 24.0 Å². The van der Waals surface area contributed by atoms with Crippen LogP contribution in [0.3, 0.4) is 0 Å². The summed E-state index contributed by atoms with van der Waals surface area (Å²) in [5.41, 5.74) is 0.893. The maximum Gasteiger partial charge on any atom is 0.361 e. The average Bonchev–Trinajstić information content (AvgIpc) is 3.13. The molecule has 0 bridgehead atoms. The van der Waals surface area contributed by atoms with Gasteiger partial charge in [0.15, 0.2) is 5.69 Å². The molecule has 1 fully saturated rings. The first kappa shape index (κ1) is 16.6. The molecule has 1 aliphatic rings. The van der Waals surface area contributed by atoms with Crippen molar-refractivity contribution < 1.29 is 18.7 Å². The number of alkyl halides is 1. The monoisotopic (exact) mass is 395 g/mol. The number of hydrogen-bond acceptors (Lipinski definition) is 4. The smallest absolute Gasteiger partial charge is 0.361 e. The fourth-order valence-electron chi connectivity index (χ4n) is 2.23. The fraction of sp³-hybridized carbons (Fsp3) is 0.312. The van der Waals surface area contributed by atoms with Crippen LogP contribution in [0.2, 0.25) is 0 Å². The quantitative estimate of drug-likeness (QED) is 0.789. The van der Waals surface area contributed by atoms with E-state index in [1.807, 2.05) is 18.2 Å². The molecule has 0 unspecified atom stereocenters. The first-order valence-electron chi connectivity index (χ1n) is 7.47. The summed E-state index contributed by atoms with van der Waals surface area (Å²) in [6.45, 7) is 1.87. The van der Waals surface area contributed by atoms with Crippen molar-refractivity contribution in [3.63, 3.8) is 0 Å². The molecule has 1 saturated carbocycles. The molecule has 0 aliphatic heterocycles. The van der Waals surface area contributed by atoms with E-state index in [0.717, 1.165) is 4.47 Å². The van der Waals surface area contributed by atoms with Crippen LogP contribution in [-0.2, 0) is 9.53 Å². The number of hydrogen-bond donors (Lipinski definition) is 1. The maximum atomic E-state index is 13.0. The van der Waals surface area contributed by atoms with Gasteiger partial charge in [0, 0.05) is 4.47 Å². The van der Waals surface area contributed by atoms with E-state index in [-0.39, 0.29) is 24.4 Å². The number of anilines is 1. The van der Waals surface area contributed by atoms with Crippen molar-refractivity contribution in [3.05, 3.63) is 40.6 Å². The van der Waals surface area contributed by atoms with Crippen LogP contribution in [0.1, 0.15) is 23.8 Å². The van der Waals surface area contributed by atoms with Gasteiger partial charge in [0.25, 0.3) is 0 Å². The SMILES string of the molecule is CCOC(=O)c1nn(-c2cccc(Br)c2)cc1NC(=O)[C@@H]1C[C@@H]1F. The fourth-order valence-corrected chi connectivity index (χ4v) is 2.61. The largest absolute Gasteiger partial charge is 0.461 e. The van der Waals surface area contributed by atoms with Crippen LogP contribution in [0.15, 0.2) is 34.9 Å². The average molecular weight is 396 g/mol. The number of halogens is 2. The molecule has 3 rings (SSSR count). The van der Waals surface area contributed by atoms with E-state index in [2.05, 4.69) is 26.3 Å². The van der Waals surface area contributed by atoms with Gasteiger partial charge < -0.3 is 10.1 Å². The zero-order chi connectivity index (χ0) is 17.3. The second-order valence-electron chi connectivity index (χ2n) is 5.38. The van der Waals surface area contributed by atoms with Gasteiger partial charge in [0.1, 0.15) is 6.17 Å². The van der Waals surface area contributed by atoms with Crippen LogP contribution < -0.4 is 5.32 Å². The first-order chi connectivity index (χ1) is 11.5. The molecule has 0 spiro atoms. The van der Waals surface area contributed by atoms with E-state index >= 15 is 0 Å².